The van der Waals surface area contributed by atoms with Crippen molar-refractivity contribution in [1.82, 2.24) is 0 Å². The van der Waals surface area contributed by atoms with Gasteiger partial charge in [-0.2, -0.15) is 0 Å². The molecular weight excluding hydrogens is 316 g/mol. The summed E-state index contributed by atoms with van der Waals surface area (Å²) in [6.07, 6.45) is 2.38. The van der Waals surface area contributed by atoms with Gasteiger partial charge in [0.05, 0.1) is 9.23 Å². The van der Waals surface area contributed by atoms with Gasteiger partial charge < -0.3 is 4.79 Å². The molecule has 0 amide bonds. The summed E-state index contributed by atoms with van der Waals surface area (Å²) in [4.78, 5) is 12.1. The van der Waals surface area contributed by atoms with E-state index in [1.54, 1.807) is 30.3 Å². The van der Waals surface area contributed by atoms with Crippen LogP contribution in [0.5, 0.6) is 0 Å². The quantitative estimate of drug-likeness (QED) is 0.789. The van der Waals surface area contributed by atoms with E-state index in [2.05, 4.69) is 0 Å². The van der Waals surface area contributed by atoms with Crippen molar-refractivity contribution in [2.24, 2.45) is 0 Å². The number of rotatable bonds is 5. The predicted octanol–water partition coefficient (Wildman–Crippen LogP) is 3.53. The van der Waals surface area contributed by atoms with Crippen molar-refractivity contribution in [3.8, 4) is 0 Å². The predicted molar refractivity (Wildman–Crippen MR) is 81.4 cm³/mol. The summed E-state index contributed by atoms with van der Waals surface area (Å²) in [7, 11) is -3.21. The second kappa shape index (κ2) is 6.08. The average Bonchev–Trinajstić information content (AvgIpc) is 2.81. The smallest absolute Gasteiger partial charge is 0.175 e. The van der Waals surface area contributed by atoms with E-state index in [-0.39, 0.29) is 10.8 Å². The number of sulfone groups is 1. The molecule has 1 atom stereocenters. The fraction of sp³-hybridized carbons (Fsp3) is 0.214. The Hall–Kier alpha value is -1.17. The molecule has 0 fully saturated rings. The molecule has 20 heavy (non-hydrogen) atoms. The molecule has 0 spiro atoms. The van der Waals surface area contributed by atoms with E-state index in [1.165, 1.54) is 17.6 Å². The molecule has 0 saturated carbocycles. The molecule has 2 rings (SSSR count). The van der Waals surface area contributed by atoms with Crippen LogP contribution in [0.4, 0.5) is 0 Å². The zero-order valence-corrected chi connectivity index (χ0v) is 13.1. The Balaban J connectivity index is 2.37. The highest BCUT2D eigenvalue weighted by Crippen LogP contribution is 2.34. The van der Waals surface area contributed by atoms with Crippen LogP contribution in [0.1, 0.15) is 22.8 Å². The van der Waals surface area contributed by atoms with Gasteiger partial charge in [0.25, 0.3) is 0 Å². The van der Waals surface area contributed by atoms with Crippen molar-refractivity contribution >= 4 is 39.1 Å². The molecule has 0 bridgehead atoms. The van der Waals surface area contributed by atoms with Gasteiger partial charge in [-0.3, -0.25) is 0 Å². The fourth-order valence-corrected chi connectivity index (χ4v) is 3.81. The van der Waals surface area contributed by atoms with E-state index in [0.29, 0.717) is 10.8 Å². The van der Waals surface area contributed by atoms with Crippen molar-refractivity contribution in [1.29, 1.82) is 0 Å². The van der Waals surface area contributed by atoms with E-state index in [9.17, 15) is 13.2 Å². The molecule has 2 aromatic rings. The van der Waals surface area contributed by atoms with Gasteiger partial charge >= 0.3 is 0 Å². The summed E-state index contributed by atoms with van der Waals surface area (Å²) in [6, 6.07) is 10.3. The van der Waals surface area contributed by atoms with Crippen LogP contribution >= 0.6 is 22.9 Å². The summed E-state index contributed by atoms with van der Waals surface area (Å²) < 4.78 is 23.6. The average molecular weight is 329 g/mol. The van der Waals surface area contributed by atoms with Crippen LogP contribution in [0.3, 0.4) is 0 Å². The lowest BCUT2D eigenvalue weighted by molar-refractivity contribution is -0.108. The molecule has 0 unspecified atom stereocenters. The Morgan fingerprint density at radius 1 is 1.20 bits per heavy atom. The molecule has 1 aromatic heterocycles. The number of aldehydes is 1. The number of thiophene rings is 1. The van der Waals surface area contributed by atoms with Gasteiger partial charge in [0.1, 0.15) is 6.29 Å². The Morgan fingerprint density at radius 3 is 2.30 bits per heavy atom. The minimum atomic E-state index is -3.21. The second-order valence-corrected chi connectivity index (χ2v) is 8.20. The maximum atomic E-state index is 11.4. The largest absolute Gasteiger partial charge is 0.303 e. The van der Waals surface area contributed by atoms with Gasteiger partial charge in [-0.15, -0.1) is 11.3 Å². The van der Waals surface area contributed by atoms with E-state index in [0.717, 1.165) is 16.7 Å². The molecular formula is C14H13ClO3S2. The van der Waals surface area contributed by atoms with Crippen LogP contribution in [0.2, 0.25) is 4.34 Å². The van der Waals surface area contributed by atoms with Crippen LogP contribution in [0, 0.1) is 0 Å². The molecule has 0 aliphatic heterocycles. The highest BCUT2D eigenvalue weighted by molar-refractivity contribution is 7.90. The standard InChI is InChI=1S/C14H13ClO3S2/c1-20(17,18)11-4-2-10(3-5-11)12(8-9-16)13-6-7-14(15)19-13/h2-7,9,12H,8H2,1H3/t12-/m1/s1. The van der Waals surface area contributed by atoms with Crippen molar-refractivity contribution in [2.45, 2.75) is 17.2 Å². The van der Waals surface area contributed by atoms with Crippen LogP contribution in [-0.2, 0) is 14.6 Å². The summed E-state index contributed by atoms with van der Waals surface area (Å²) in [5, 5.41) is 0. The first-order valence-corrected chi connectivity index (χ1v) is 8.99. The van der Waals surface area contributed by atoms with Gasteiger partial charge in [0, 0.05) is 23.5 Å². The third-order valence-electron chi connectivity index (χ3n) is 2.98. The van der Waals surface area contributed by atoms with Crippen LogP contribution in [0.25, 0.3) is 0 Å². The molecule has 1 aromatic carbocycles. The lowest BCUT2D eigenvalue weighted by Crippen LogP contribution is -2.02. The Morgan fingerprint density at radius 2 is 1.85 bits per heavy atom. The van der Waals surface area contributed by atoms with Crippen molar-refractivity contribution in [3.05, 3.63) is 51.2 Å². The number of benzene rings is 1. The molecule has 106 valence electrons. The van der Waals surface area contributed by atoms with E-state index < -0.39 is 9.84 Å². The first-order chi connectivity index (χ1) is 9.41. The molecule has 0 aliphatic rings. The summed E-state index contributed by atoms with van der Waals surface area (Å²) in [5.41, 5.74) is 0.906. The lowest BCUT2D eigenvalue weighted by atomic mass is 9.95. The van der Waals surface area contributed by atoms with Crippen molar-refractivity contribution < 1.29 is 13.2 Å². The van der Waals surface area contributed by atoms with Crippen LogP contribution in [0.15, 0.2) is 41.3 Å². The number of halogens is 1. The monoisotopic (exact) mass is 328 g/mol. The zero-order valence-electron chi connectivity index (χ0n) is 10.7. The highest BCUT2D eigenvalue weighted by Gasteiger charge is 2.17. The SMILES string of the molecule is CS(=O)(=O)c1ccc([C@@H](CC=O)c2ccc(Cl)s2)cc1. The molecule has 6 heteroatoms. The minimum absolute atomic E-state index is 0.0846. The third-order valence-corrected chi connectivity index (χ3v) is 5.45. The number of carbonyl (C=O) groups excluding carboxylic acids is 1. The summed E-state index contributed by atoms with van der Waals surface area (Å²) >= 11 is 7.36. The van der Waals surface area contributed by atoms with Crippen molar-refractivity contribution in [2.75, 3.05) is 6.26 Å². The first-order valence-electron chi connectivity index (χ1n) is 5.90. The number of hydrogen-bond donors (Lipinski definition) is 0. The summed E-state index contributed by atoms with van der Waals surface area (Å²) in [6.45, 7) is 0. The van der Waals surface area contributed by atoms with Crippen LogP contribution < -0.4 is 0 Å². The molecule has 0 aliphatic carbocycles. The van der Waals surface area contributed by atoms with Gasteiger partial charge in [0.2, 0.25) is 0 Å². The van der Waals surface area contributed by atoms with Gasteiger partial charge in [-0.25, -0.2) is 8.42 Å². The Kier molecular flexibility index (Phi) is 4.62. The molecule has 1 heterocycles. The highest BCUT2D eigenvalue weighted by atomic mass is 35.5. The Bertz CT molecular complexity index is 702. The van der Waals surface area contributed by atoms with E-state index >= 15 is 0 Å². The third kappa shape index (κ3) is 3.48. The maximum Gasteiger partial charge on any atom is 0.175 e. The molecule has 0 N–H and O–H groups in total. The number of hydrogen-bond acceptors (Lipinski definition) is 4. The topological polar surface area (TPSA) is 51.2 Å². The summed E-state index contributed by atoms with van der Waals surface area (Å²) in [5.74, 6) is -0.0846. The molecule has 3 nitrogen and oxygen atoms in total. The van der Waals surface area contributed by atoms with Gasteiger partial charge in [-0.1, -0.05) is 23.7 Å². The normalized spacial score (nSPS) is 13.1. The lowest BCUT2D eigenvalue weighted by Gasteiger charge is -2.13. The van der Waals surface area contributed by atoms with Crippen LogP contribution in [-0.4, -0.2) is 21.0 Å². The molecule has 0 radical (unpaired) electrons. The van der Waals surface area contributed by atoms with Gasteiger partial charge in [-0.05, 0) is 29.8 Å². The first kappa shape index (κ1) is 15.2. The van der Waals surface area contributed by atoms with E-state index in [1.807, 2.05) is 6.07 Å². The zero-order chi connectivity index (χ0) is 14.8. The second-order valence-electron chi connectivity index (χ2n) is 4.44. The van der Waals surface area contributed by atoms with Crippen molar-refractivity contribution in [3.63, 3.8) is 0 Å². The Labute approximate surface area is 127 Å². The number of carbonyl (C=O) groups is 1. The minimum Gasteiger partial charge on any atom is -0.303 e. The molecule has 0 saturated heterocycles. The van der Waals surface area contributed by atoms with Gasteiger partial charge in [0.15, 0.2) is 9.84 Å². The maximum absolute atomic E-state index is 11.4. The fourth-order valence-electron chi connectivity index (χ4n) is 1.98. The van der Waals surface area contributed by atoms with E-state index in [4.69, 9.17) is 11.6 Å².